The van der Waals surface area contributed by atoms with E-state index in [0.29, 0.717) is 12.8 Å². The van der Waals surface area contributed by atoms with Crippen LogP contribution in [0.2, 0.25) is 0 Å². The van der Waals surface area contributed by atoms with E-state index in [0.717, 1.165) is 24.2 Å². The monoisotopic (exact) mass is 239 g/mol. The van der Waals surface area contributed by atoms with Crippen molar-refractivity contribution in [3.05, 3.63) is 35.1 Å². The van der Waals surface area contributed by atoms with E-state index in [4.69, 9.17) is 0 Å². The van der Waals surface area contributed by atoms with Gasteiger partial charge in [0.2, 0.25) is 0 Å². The maximum atomic E-state index is 13.1. The number of hydrogen-bond acceptors (Lipinski definition) is 2. The molecule has 1 rings (SSSR count). The van der Waals surface area contributed by atoms with Crippen molar-refractivity contribution in [1.29, 1.82) is 0 Å². The summed E-state index contributed by atoms with van der Waals surface area (Å²) in [5, 5.41) is 13.4. The zero-order chi connectivity index (χ0) is 12.9. The lowest BCUT2D eigenvalue weighted by Crippen LogP contribution is -2.32. The van der Waals surface area contributed by atoms with Crippen LogP contribution >= 0.6 is 0 Å². The molecule has 2 N–H and O–H groups in total. The van der Waals surface area contributed by atoms with Crippen molar-refractivity contribution in [3.8, 4) is 0 Å². The van der Waals surface area contributed by atoms with Gasteiger partial charge in [-0.15, -0.1) is 0 Å². The quantitative estimate of drug-likeness (QED) is 0.747. The average molecular weight is 239 g/mol. The summed E-state index contributed by atoms with van der Waals surface area (Å²) in [6.45, 7) is 7.45. The molecule has 1 atom stereocenters. The lowest BCUT2D eigenvalue weighted by Gasteiger charge is -2.24. The molecule has 1 aromatic carbocycles. The highest BCUT2D eigenvalue weighted by Gasteiger charge is 2.21. The highest BCUT2D eigenvalue weighted by Crippen LogP contribution is 2.20. The van der Waals surface area contributed by atoms with Crippen LogP contribution in [0.3, 0.4) is 0 Å². The van der Waals surface area contributed by atoms with E-state index < -0.39 is 5.60 Å². The molecule has 0 amide bonds. The first-order chi connectivity index (χ1) is 7.94. The molecule has 0 aliphatic carbocycles. The molecule has 0 spiro atoms. The summed E-state index contributed by atoms with van der Waals surface area (Å²) in [7, 11) is 0. The van der Waals surface area contributed by atoms with Gasteiger partial charge in [-0.2, -0.15) is 0 Å². The van der Waals surface area contributed by atoms with Gasteiger partial charge in [-0.25, -0.2) is 4.39 Å². The Bertz CT molecular complexity index is 363. The molecule has 96 valence electrons. The molecule has 1 aromatic rings. The minimum atomic E-state index is -0.791. The lowest BCUT2D eigenvalue weighted by atomic mass is 9.91. The smallest absolute Gasteiger partial charge is 0.123 e. The molecule has 0 aliphatic heterocycles. The second-order valence-corrected chi connectivity index (χ2v) is 4.85. The number of aliphatic hydroxyl groups is 1. The normalized spacial score (nSPS) is 14.6. The van der Waals surface area contributed by atoms with Gasteiger partial charge in [-0.3, -0.25) is 0 Å². The first kappa shape index (κ1) is 14.1. The third-order valence-electron chi connectivity index (χ3n) is 2.97. The van der Waals surface area contributed by atoms with Gasteiger partial charge in [0.25, 0.3) is 0 Å². The van der Waals surface area contributed by atoms with Crippen molar-refractivity contribution in [2.24, 2.45) is 0 Å². The van der Waals surface area contributed by atoms with Crippen molar-refractivity contribution in [1.82, 2.24) is 5.32 Å². The Morgan fingerprint density at radius 1 is 1.41 bits per heavy atom. The molecular formula is C14H22FNO. The van der Waals surface area contributed by atoms with E-state index in [1.807, 2.05) is 13.8 Å². The molecule has 2 nitrogen and oxygen atoms in total. The van der Waals surface area contributed by atoms with Crippen molar-refractivity contribution in [2.45, 2.75) is 39.2 Å². The van der Waals surface area contributed by atoms with Crippen LogP contribution in [0, 0.1) is 12.7 Å². The standard InChI is InChI=1S/C14H22FNO/c1-4-16-8-7-14(3,17)10-12-9-13(15)6-5-11(12)2/h5-6,9,16-17H,4,7-8,10H2,1-3H3. The predicted molar refractivity (Wildman–Crippen MR) is 68.6 cm³/mol. The highest BCUT2D eigenvalue weighted by molar-refractivity contribution is 5.27. The Kier molecular flexibility index (Phi) is 5.09. The molecule has 1 unspecified atom stereocenters. The van der Waals surface area contributed by atoms with E-state index >= 15 is 0 Å². The van der Waals surface area contributed by atoms with Crippen LogP contribution in [-0.2, 0) is 6.42 Å². The summed E-state index contributed by atoms with van der Waals surface area (Å²) >= 11 is 0. The zero-order valence-corrected chi connectivity index (χ0v) is 10.9. The van der Waals surface area contributed by atoms with Crippen LogP contribution in [-0.4, -0.2) is 23.8 Å². The average Bonchev–Trinajstić information content (AvgIpc) is 2.23. The van der Waals surface area contributed by atoms with E-state index in [9.17, 15) is 9.50 Å². The summed E-state index contributed by atoms with van der Waals surface area (Å²) in [6.07, 6.45) is 1.15. The number of nitrogens with one attached hydrogen (secondary N) is 1. The van der Waals surface area contributed by atoms with Crippen LogP contribution in [0.25, 0.3) is 0 Å². The minimum Gasteiger partial charge on any atom is -0.390 e. The van der Waals surface area contributed by atoms with Crippen LogP contribution in [0.15, 0.2) is 18.2 Å². The van der Waals surface area contributed by atoms with E-state index in [1.165, 1.54) is 12.1 Å². The van der Waals surface area contributed by atoms with Gasteiger partial charge in [0.1, 0.15) is 5.82 Å². The summed E-state index contributed by atoms with van der Waals surface area (Å²) in [4.78, 5) is 0. The Morgan fingerprint density at radius 2 is 2.12 bits per heavy atom. The first-order valence-electron chi connectivity index (χ1n) is 6.13. The molecule has 0 heterocycles. The summed E-state index contributed by atoms with van der Waals surface area (Å²) in [6, 6.07) is 4.72. The molecule has 0 fully saturated rings. The predicted octanol–water partition coefficient (Wildman–Crippen LogP) is 2.43. The zero-order valence-electron chi connectivity index (χ0n) is 10.9. The van der Waals surface area contributed by atoms with E-state index in [-0.39, 0.29) is 5.82 Å². The van der Waals surface area contributed by atoms with Crippen molar-refractivity contribution >= 4 is 0 Å². The fraction of sp³-hybridized carbons (Fsp3) is 0.571. The van der Waals surface area contributed by atoms with Gasteiger partial charge in [0, 0.05) is 6.42 Å². The number of hydrogen-bond donors (Lipinski definition) is 2. The Balaban J connectivity index is 2.65. The Morgan fingerprint density at radius 3 is 2.76 bits per heavy atom. The molecule has 0 bridgehead atoms. The minimum absolute atomic E-state index is 0.243. The molecule has 0 radical (unpaired) electrons. The van der Waals surface area contributed by atoms with Gasteiger partial charge < -0.3 is 10.4 Å². The van der Waals surface area contributed by atoms with Crippen molar-refractivity contribution < 1.29 is 9.50 Å². The second kappa shape index (κ2) is 6.12. The van der Waals surface area contributed by atoms with Crippen LogP contribution in [0.1, 0.15) is 31.4 Å². The maximum Gasteiger partial charge on any atom is 0.123 e. The van der Waals surface area contributed by atoms with Gasteiger partial charge in [-0.1, -0.05) is 13.0 Å². The summed E-state index contributed by atoms with van der Waals surface area (Å²) in [5.41, 5.74) is 1.11. The van der Waals surface area contributed by atoms with Gasteiger partial charge in [0.05, 0.1) is 5.60 Å². The topological polar surface area (TPSA) is 32.3 Å². The van der Waals surface area contributed by atoms with Gasteiger partial charge in [0.15, 0.2) is 0 Å². The molecule has 3 heteroatoms. The fourth-order valence-corrected chi connectivity index (χ4v) is 1.86. The Labute approximate surface area is 103 Å². The first-order valence-corrected chi connectivity index (χ1v) is 6.13. The highest BCUT2D eigenvalue weighted by atomic mass is 19.1. The fourth-order valence-electron chi connectivity index (χ4n) is 1.86. The van der Waals surface area contributed by atoms with E-state index in [1.54, 1.807) is 13.0 Å². The number of benzene rings is 1. The lowest BCUT2D eigenvalue weighted by molar-refractivity contribution is 0.0515. The molecule has 0 aliphatic rings. The number of rotatable bonds is 6. The maximum absolute atomic E-state index is 13.1. The molecular weight excluding hydrogens is 217 g/mol. The second-order valence-electron chi connectivity index (χ2n) is 4.85. The van der Waals surface area contributed by atoms with Crippen LogP contribution in [0.4, 0.5) is 4.39 Å². The van der Waals surface area contributed by atoms with Gasteiger partial charge in [-0.05, 0) is 56.6 Å². The molecule has 0 aromatic heterocycles. The largest absolute Gasteiger partial charge is 0.390 e. The molecule has 0 saturated heterocycles. The van der Waals surface area contributed by atoms with Crippen molar-refractivity contribution in [2.75, 3.05) is 13.1 Å². The third kappa shape index (κ3) is 4.84. The number of halogens is 1. The van der Waals surface area contributed by atoms with E-state index in [2.05, 4.69) is 5.32 Å². The summed E-state index contributed by atoms with van der Waals surface area (Å²) in [5.74, 6) is -0.243. The summed E-state index contributed by atoms with van der Waals surface area (Å²) < 4.78 is 13.1. The third-order valence-corrected chi connectivity index (χ3v) is 2.97. The van der Waals surface area contributed by atoms with Crippen LogP contribution < -0.4 is 5.32 Å². The van der Waals surface area contributed by atoms with Crippen LogP contribution in [0.5, 0.6) is 0 Å². The molecule has 0 saturated carbocycles. The molecule has 17 heavy (non-hydrogen) atoms. The Hall–Kier alpha value is -0.930. The van der Waals surface area contributed by atoms with Gasteiger partial charge >= 0.3 is 0 Å². The van der Waals surface area contributed by atoms with Crippen molar-refractivity contribution in [3.63, 3.8) is 0 Å². The number of aryl methyl sites for hydroxylation is 1. The SMILES string of the molecule is CCNCCC(C)(O)Cc1cc(F)ccc1C.